The third-order valence-corrected chi connectivity index (χ3v) is 2.71. The fourth-order valence-electron chi connectivity index (χ4n) is 1.54. The molecule has 0 aromatic heterocycles. The van der Waals surface area contributed by atoms with Crippen LogP contribution in [0.3, 0.4) is 0 Å². The number of nitrogens with one attached hydrogen (secondary N) is 1. The van der Waals surface area contributed by atoms with Crippen LogP contribution in [0.4, 0.5) is 24.5 Å². The average molecular weight is 283 g/mol. The van der Waals surface area contributed by atoms with E-state index in [9.17, 15) is 13.2 Å². The van der Waals surface area contributed by atoms with Crippen molar-refractivity contribution in [1.29, 1.82) is 5.26 Å². The van der Waals surface area contributed by atoms with Gasteiger partial charge < -0.3 is 5.32 Å². The molecule has 0 aliphatic rings. The molecular weight excluding hydrogens is 277 g/mol. The monoisotopic (exact) mass is 282 g/mol. The number of rotatable bonds is 2. The third-order valence-electron chi connectivity index (χ3n) is 2.39. The number of hydrogen-bond donors (Lipinski definition) is 1. The molecule has 0 bridgehead atoms. The minimum Gasteiger partial charge on any atom is -0.350 e. The van der Waals surface area contributed by atoms with Crippen LogP contribution in [0.25, 0.3) is 0 Å². The van der Waals surface area contributed by atoms with Crippen molar-refractivity contribution in [3.8, 4) is 6.07 Å². The molecule has 0 unspecified atom stereocenters. The van der Waals surface area contributed by atoms with Gasteiger partial charge in [-0.05, 0) is 12.1 Å². The van der Waals surface area contributed by atoms with E-state index < -0.39 is 23.1 Å². The summed E-state index contributed by atoms with van der Waals surface area (Å²) in [6.45, 7) is 0. The summed E-state index contributed by atoms with van der Waals surface area (Å²) in [7, 11) is 0. The van der Waals surface area contributed by atoms with Gasteiger partial charge in [-0.15, -0.1) is 0 Å². The molecule has 2 aromatic rings. The largest absolute Gasteiger partial charge is 0.350 e. The van der Waals surface area contributed by atoms with Crippen molar-refractivity contribution in [2.24, 2.45) is 0 Å². The van der Waals surface area contributed by atoms with Gasteiger partial charge in [-0.1, -0.05) is 17.7 Å². The van der Waals surface area contributed by atoms with Crippen LogP contribution in [0.5, 0.6) is 0 Å². The second kappa shape index (κ2) is 5.21. The van der Waals surface area contributed by atoms with Gasteiger partial charge in [0, 0.05) is 12.1 Å². The van der Waals surface area contributed by atoms with E-state index in [0.717, 1.165) is 0 Å². The highest BCUT2D eigenvalue weighted by molar-refractivity contribution is 6.32. The Balaban J connectivity index is 2.49. The van der Waals surface area contributed by atoms with Gasteiger partial charge in [0.2, 0.25) is 0 Å². The molecule has 0 aliphatic heterocycles. The van der Waals surface area contributed by atoms with Crippen LogP contribution in [0.1, 0.15) is 5.56 Å². The highest BCUT2D eigenvalue weighted by atomic mass is 35.5. The minimum atomic E-state index is -1.10. The first kappa shape index (κ1) is 13.2. The van der Waals surface area contributed by atoms with E-state index in [-0.39, 0.29) is 16.3 Å². The van der Waals surface area contributed by atoms with Crippen LogP contribution < -0.4 is 5.32 Å². The molecule has 6 heteroatoms. The Hall–Kier alpha value is -2.19. The lowest BCUT2D eigenvalue weighted by molar-refractivity contribution is 0.549. The number of anilines is 2. The topological polar surface area (TPSA) is 35.8 Å². The fourth-order valence-corrected chi connectivity index (χ4v) is 1.76. The summed E-state index contributed by atoms with van der Waals surface area (Å²) in [5, 5.41) is 11.5. The van der Waals surface area contributed by atoms with Crippen molar-refractivity contribution < 1.29 is 13.2 Å². The zero-order valence-corrected chi connectivity index (χ0v) is 10.1. The molecule has 0 spiro atoms. The summed E-state index contributed by atoms with van der Waals surface area (Å²) in [6.07, 6.45) is 0. The maximum Gasteiger partial charge on any atom is 0.152 e. The molecule has 2 nitrogen and oxygen atoms in total. The van der Waals surface area contributed by atoms with Crippen molar-refractivity contribution in [3.05, 3.63) is 58.4 Å². The predicted molar refractivity (Wildman–Crippen MR) is 65.8 cm³/mol. The number of hydrogen-bond acceptors (Lipinski definition) is 2. The van der Waals surface area contributed by atoms with Gasteiger partial charge in [-0.3, -0.25) is 0 Å². The van der Waals surface area contributed by atoms with E-state index in [4.69, 9.17) is 16.9 Å². The minimum absolute atomic E-state index is 0.0484. The Bertz CT molecular complexity index is 657. The Labute approximate surface area is 112 Å². The third kappa shape index (κ3) is 2.64. The first-order valence-electron chi connectivity index (χ1n) is 5.13. The second-order valence-corrected chi connectivity index (χ2v) is 4.05. The predicted octanol–water partition coefficient (Wildman–Crippen LogP) is 4.37. The van der Waals surface area contributed by atoms with E-state index in [2.05, 4.69) is 5.32 Å². The first-order valence-corrected chi connectivity index (χ1v) is 5.51. The molecule has 0 amide bonds. The van der Waals surface area contributed by atoms with Crippen molar-refractivity contribution in [3.63, 3.8) is 0 Å². The molecule has 0 aliphatic carbocycles. The van der Waals surface area contributed by atoms with E-state index >= 15 is 0 Å². The van der Waals surface area contributed by atoms with Crippen LogP contribution in [0.15, 0.2) is 30.3 Å². The van der Waals surface area contributed by atoms with E-state index in [1.54, 1.807) is 0 Å². The summed E-state index contributed by atoms with van der Waals surface area (Å²) in [5.41, 5.74) is -0.355. The normalized spacial score (nSPS) is 10.1. The molecule has 96 valence electrons. The Kier molecular flexibility index (Phi) is 3.63. The van der Waals surface area contributed by atoms with Gasteiger partial charge >= 0.3 is 0 Å². The van der Waals surface area contributed by atoms with Crippen LogP contribution in [0.2, 0.25) is 5.02 Å². The van der Waals surface area contributed by atoms with E-state index in [0.29, 0.717) is 12.1 Å². The number of halogens is 4. The Morgan fingerprint density at radius 1 is 1.11 bits per heavy atom. The van der Waals surface area contributed by atoms with Crippen molar-refractivity contribution in [1.82, 2.24) is 0 Å². The number of benzene rings is 2. The lowest BCUT2D eigenvalue weighted by atomic mass is 10.2. The molecule has 0 atom stereocenters. The smallest absolute Gasteiger partial charge is 0.152 e. The second-order valence-electron chi connectivity index (χ2n) is 3.64. The maximum absolute atomic E-state index is 13.5. The quantitative estimate of drug-likeness (QED) is 0.887. The number of nitrogens with zero attached hydrogens (tertiary/aromatic N) is 1. The standard InChI is InChI=1S/C13H6ClF3N2/c14-9-2-1-3-12(8(9)6-18)19-13-10(16)4-7(15)5-11(13)17/h1-5,19H. The average Bonchev–Trinajstić information content (AvgIpc) is 2.34. The Morgan fingerprint density at radius 3 is 2.32 bits per heavy atom. The summed E-state index contributed by atoms with van der Waals surface area (Å²) < 4.78 is 39.7. The lowest BCUT2D eigenvalue weighted by Crippen LogP contribution is -2.00. The molecule has 1 N–H and O–H groups in total. The van der Waals surface area contributed by atoms with Gasteiger partial charge in [0.15, 0.2) is 11.6 Å². The Morgan fingerprint density at radius 2 is 1.74 bits per heavy atom. The molecule has 0 saturated heterocycles. The summed E-state index contributed by atoms with van der Waals surface area (Å²) in [6, 6.07) is 7.34. The molecule has 0 fully saturated rings. The van der Waals surface area contributed by atoms with Crippen LogP contribution in [-0.2, 0) is 0 Å². The zero-order valence-electron chi connectivity index (χ0n) is 9.35. The fraction of sp³-hybridized carbons (Fsp3) is 0. The van der Waals surface area contributed by atoms with Gasteiger partial charge in [0.1, 0.15) is 17.6 Å². The molecule has 2 rings (SSSR count). The van der Waals surface area contributed by atoms with Gasteiger partial charge in [0.05, 0.1) is 16.3 Å². The summed E-state index contributed by atoms with van der Waals surface area (Å²) >= 11 is 5.79. The molecular formula is C13H6ClF3N2. The summed E-state index contributed by atoms with van der Waals surface area (Å²) in [5.74, 6) is -3.21. The molecule has 19 heavy (non-hydrogen) atoms. The van der Waals surface area contributed by atoms with Crippen molar-refractivity contribution in [2.45, 2.75) is 0 Å². The van der Waals surface area contributed by atoms with Gasteiger partial charge in [-0.2, -0.15) is 5.26 Å². The number of nitriles is 1. The zero-order chi connectivity index (χ0) is 14.0. The van der Waals surface area contributed by atoms with Crippen LogP contribution >= 0.6 is 11.6 Å². The highest BCUT2D eigenvalue weighted by Gasteiger charge is 2.14. The van der Waals surface area contributed by atoms with Crippen LogP contribution in [0, 0.1) is 28.8 Å². The summed E-state index contributed by atoms with van der Waals surface area (Å²) in [4.78, 5) is 0. The van der Waals surface area contributed by atoms with Gasteiger partial charge in [0.25, 0.3) is 0 Å². The SMILES string of the molecule is N#Cc1c(Cl)cccc1Nc1c(F)cc(F)cc1F. The molecule has 0 radical (unpaired) electrons. The maximum atomic E-state index is 13.5. The van der Waals surface area contributed by atoms with Crippen molar-refractivity contribution >= 4 is 23.0 Å². The molecule has 0 heterocycles. The van der Waals surface area contributed by atoms with Gasteiger partial charge in [-0.25, -0.2) is 13.2 Å². The van der Waals surface area contributed by atoms with E-state index in [1.807, 2.05) is 6.07 Å². The van der Waals surface area contributed by atoms with E-state index in [1.165, 1.54) is 18.2 Å². The lowest BCUT2D eigenvalue weighted by Gasteiger charge is -2.11. The highest BCUT2D eigenvalue weighted by Crippen LogP contribution is 2.29. The molecule has 0 saturated carbocycles. The van der Waals surface area contributed by atoms with Crippen LogP contribution in [-0.4, -0.2) is 0 Å². The molecule has 2 aromatic carbocycles. The first-order chi connectivity index (χ1) is 9.02. The van der Waals surface area contributed by atoms with Crippen molar-refractivity contribution in [2.75, 3.05) is 5.32 Å².